The van der Waals surface area contributed by atoms with Gasteiger partial charge in [-0.3, -0.25) is 4.90 Å². The standard InChI is InChI=1S/C11H21N3/c1-3-4-8-14(2)11(9-12)10-6-5-7-13-10/h5-7,11,13H,3-4,8-9,12H2,1-2H3. The van der Waals surface area contributed by atoms with Gasteiger partial charge in [-0.05, 0) is 32.1 Å². The zero-order valence-corrected chi connectivity index (χ0v) is 9.16. The molecule has 0 radical (unpaired) electrons. The van der Waals surface area contributed by atoms with Crippen LogP contribution < -0.4 is 5.73 Å². The van der Waals surface area contributed by atoms with Crippen LogP contribution in [-0.4, -0.2) is 30.0 Å². The number of H-pyrrole nitrogens is 1. The van der Waals surface area contributed by atoms with Crippen LogP contribution in [0.5, 0.6) is 0 Å². The molecule has 1 aromatic rings. The van der Waals surface area contributed by atoms with E-state index in [1.165, 1.54) is 18.5 Å². The second-order valence-corrected chi connectivity index (χ2v) is 3.71. The number of unbranched alkanes of at least 4 members (excludes halogenated alkanes) is 1. The third-order valence-corrected chi connectivity index (χ3v) is 2.60. The Kier molecular flexibility index (Phi) is 4.70. The highest BCUT2D eigenvalue weighted by Gasteiger charge is 2.14. The van der Waals surface area contributed by atoms with Gasteiger partial charge >= 0.3 is 0 Å². The first-order valence-electron chi connectivity index (χ1n) is 5.33. The van der Waals surface area contributed by atoms with Gasteiger partial charge in [-0.1, -0.05) is 13.3 Å². The van der Waals surface area contributed by atoms with Crippen LogP contribution in [0.4, 0.5) is 0 Å². The van der Waals surface area contributed by atoms with Crippen molar-refractivity contribution in [3.05, 3.63) is 24.0 Å². The van der Waals surface area contributed by atoms with Gasteiger partial charge in [0.05, 0.1) is 6.04 Å². The number of rotatable bonds is 6. The molecule has 1 heterocycles. The van der Waals surface area contributed by atoms with E-state index in [9.17, 15) is 0 Å². The summed E-state index contributed by atoms with van der Waals surface area (Å²) in [5.74, 6) is 0. The Morgan fingerprint density at radius 3 is 2.86 bits per heavy atom. The van der Waals surface area contributed by atoms with Crippen LogP contribution in [0, 0.1) is 0 Å². The molecule has 3 nitrogen and oxygen atoms in total. The molecule has 1 atom stereocenters. The van der Waals surface area contributed by atoms with Crippen molar-refractivity contribution in [2.45, 2.75) is 25.8 Å². The molecule has 0 bridgehead atoms. The number of hydrogen-bond donors (Lipinski definition) is 2. The lowest BCUT2D eigenvalue weighted by Gasteiger charge is -2.25. The first-order chi connectivity index (χ1) is 6.79. The van der Waals surface area contributed by atoms with Gasteiger partial charge in [0.1, 0.15) is 0 Å². The van der Waals surface area contributed by atoms with E-state index >= 15 is 0 Å². The minimum atomic E-state index is 0.330. The second-order valence-electron chi connectivity index (χ2n) is 3.71. The van der Waals surface area contributed by atoms with Crippen molar-refractivity contribution >= 4 is 0 Å². The Labute approximate surface area is 86.3 Å². The van der Waals surface area contributed by atoms with E-state index in [2.05, 4.69) is 29.9 Å². The van der Waals surface area contributed by atoms with Gasteiger partial charge < -0.3 is 10.7 Å². The van der Waals surface area contributed by atoms with E-state index in [4.69, 9.17) is 5.73 Å². The number of likely N-dealkylation sites (N-methyl/N-ethyl adjacent to an activating group) is 1. The van der Waals surface area contributed by atoms with Gasteiger partial charge in [0.15, 0.2) is 0 Å². The fourth-order valence-corrected chi connectivity index (χ4v) is 1.66. The van der Waals surface area contributed by atoms with Crippen LogP contribution in [-0.2, 0) is 0 Å². The summed E-state index contributed by atoms with van der Waals surface area (Å²) in [5, 5.41) is 0. The minimum absolute atomic E-state index is 0.330. The number of nitrogens with zero attached hydrogens (tertiary/aromatic N) is 1. The van der Waals surface area contributed by atoms with Crippen molar-refractivity contribution < 1.29 is 0 Å². The van der Waals surface area contributed by atoms with E-state index in [1.807, 2.05) is 12.3 Å². The van der Waals surface area contributed by atoms with Gasteiger partial charge in [-0.2, -0.15) is 0 Å². The SMILES string of the molecule is CCCCN(C)C(CN)c1ccc[nH]1. The zero-order chi connectivity index (χ0) is 10.4. The van der Waals surface area contributed by atoms with Crippen molar-refractivity contribution in [1.82, 2.24) is 9.88 Å². The van der Waals surface area contributed by atoms with Crippen molar-refractivity contribution in [1.29, 1.82) is 0 Å². The molecule has 14 heavy (non-hydrogen) atoms. The maximum Gasteiger partial charge on any atom is 0.0619 e. The van der Waals surface area contributed by atoms with Crippen LogP contribution in [0.25, 0.3) is 0 Å². The predicted molar refractivity (Wildman–Crippen MR) is 60.1 cm³/mol. The van der Waals surface area contributed by atoms with Crippen LogP contribution in [0.3, 0.4) is 0 Å². The largest absolute Gasteiger partial charge is 0.364 e. The molecule has 3 N–H and O–H groups in total. The molecule has 0 aliphatic rings. The summed E-state index contributed by atoms with van der Waals surface area (Å²) in [6, 6.07) is 4.45. The van der Waals surface area contributed by atoms with Crippen LogP contribution in [0.2, 0.25) is 0 Å². The maximum absolute atomic E-state index is 5.77. The molecule has 0 aliphatic heterocycles. The number of aromatic nitrogens is 1. The fraction of sp³-hybridized carbons (Fsp3) is 0.636. The molecule has 0 aromatic carbocycles. The third-order valence-electron chi connectivity index (χ3n) is 2.60. The van der Waals surface area contributed by atoms with E-state index in [0.717, 1.165) is 6.54 Å². The molecule has 80 valence electrons. The summed E-state index contributed by atoms with van der Waals surface area (Å²) in [6.45, 7) is 3.98. The monoisotopic (exact) mass is 195 g/mol. The van der Waals surface area contributed by atoms with Gasteiger partial charge in [0.2, 0.25) is 0 Å². The topological polar surface area (TPSA) is 45.0 Å². The normalized spacial score (nSPS) is 13.4. The Morgan fingerprint density at radius 2 is 2.36 bits per heavy atom. The highest BCUT2D eigenvalue weighted by Crippen LogP contribution is 2.16. The fourth-order valence-electron chi connectivity index (χ4n) is 1.66. The number of nitrogens with one attached hydrogen (secondary N) is 1. The molecule has 1 aromatic heterocycles. The van der Waals surface area contributed by atoms with Crippen molar-refractivity contribution in [3.63, 3.8) is 0 Å². The third kappa shape index (κ3) is 2.86. The molecule has 0 fully saturated rings. The van der Waals surface area contributed by atoms with Gasteiger partial charge in [-0.15, -0.1) is 0 Å². The van der Waals surface area contributed by atoms with Gasteiger partial charge in [0.25, 0.3) is 0 Å². The lowest BCUT2D eigenvalue weighted by Crippen LogP contribution is -2.31. The molecule has 0 amide bonds. The summed E-state index contributed by atoms with van der Waals surface area (Å²) in [5.41, 5.74) is 6.99. The lowest BCUT2D eigenvalue weighted by molar-refractivity contribution is 0.243. The van der Waals surface area contributed by atoms with Crippen LogP contribution in [0.15, 0.2) is 18.3 Å². The minimum Gasteiger partial charge on any atom is -0.364 e. The first kappa shape index (κ1) is 11.3. The van der Waals surface area contributed by atoms with E-state index < -0.39 is 0 Å². The smallest absolute Gasteiger partial charge is 0.0619 e. The van der Waals surface area contributed by atoms with Gasteiger partial charge in [0, 0.05) is 18.4 Å². The molecule has 0 saturated carbocycles. The molecule has 0 spiro atoms. The Bertz CT molecular complexity index is 231. The second kappa shape index (κ2) is 5.83. The van der Waals surface area contributed by atoms with Crippen molar-refractivity contribution in [2.24, 2.45) is 5.73 Å². The Balaban J connectivity index is 2.53. The number of hydrogen-bond acceptors (Lipinski definition) is 2. The first-order valence-corrected chi connectivity index (χ1v) is 5.33. The highest BCUT2D eigenvalue weighted by molar-refractivity contribution is 5.09. The maximum atomic E-state index is 5.77. The molecule has 1 unspecified atom stereocenters. The molecule has 1 rings (SSSR count). The molecular weight excluding hydrogens is 174 g/mol. The Morgan fingerprint density at radius 1 is 1.57 bits per heavy atom. The van der Waals surface area contributed by atoms with Crippen molar-refractivity contribution in [3.8, 4) is 0 Å². The summed E-state index contributed by atoms with van der Waals surface area (Å²) >= 11 is 0. The summed E-state index contributed by atoms with van der Waals surface area (Å²) < 4.78 is 0. The summed E-state index contributed by atoms with van der Waals surface area (Å²) in [7, 11) is 2.13. The Hall–Kier alpha value is -0.800. The van der Waals surface area contributed by atoms with Crippen LogP contribution >= 0.6 is 0 Å². The van der Waals surface area contributed by atoms with E-state index in [1.54, 1.807) is 0 Å². The molecule has 0 saturated heterocycles. The van der Waals surface area contributed by atoms with Crippen LogP contribution in [0.1, 0.15) is 31.5 Å². The van der Waals surface area contributed by atoms with E-state index in [0.29, 0.717) is 12.6 Å². The quantitative estimate of drug-likeness (QED) is 0.726. The predicted octanol–water partition coefficient (Wildman–Crippen LogP) is 1.75. The summed E-state index contributed by atoms with van der Waals surface area (Å²) in [4.78, 5) is 5.54. The number of nitrogens with two attached hydrogens (primary N) is 1. The lowest BCUT2D eigenvalue weighted by atomic mass is 10.1. The highest BCUT2D eigenvalue weighted by atomic mass is 15.1. The van der Waals surface area contributed by atoms with Gasteiger partial charge in [-0.25, -0.2) is 0 Å². The van der Waals surface area contributed by atoms with Crippen molar-refractivity contribution in [2.75, 3.05) is 20.1 Å². The summed E-state index contributed by atoms with van der Waals surface area (Å²) in [6.07, 6.45) is 4.41. The van der Waals surface area contributed by atoms with E-state index in [-0.39, 0.29) is 0 Å². The molecule has 3 heteroatoms. The number of aromatic amines is 1. The molecular formula is C11H21N3. The average Bonchev–Trinajstić information content (AvgIpc) is 2.69. The average molecular weight is 195 g/mol. The molecule has 0 aliphatic carbocycles. The zero-order valence-electron chi connectivity index (χ0n) is 9.16.